The molecule has 3 rings (SSSR count). The summed E-state index contributed by atoms with van der Waals surface area (Å²) in [6.07, 6.45) is 8.10. The van der Waals surface area contributed by atoms with Gasteiger partial charge in [-0.1, -0.05) is 12.8 Å². The summed E-state index contributed by atoms with van der Waals surface area (Å²) in [7, 11) is 0. The van der Waals surface area contributed by atoms with Crippen molar-refractivity contribution in [3.63, 3.8) is 0 Å². The molecule has 0 amide bonds. The number of aliphatic hydroxyl groups excluding tert-OH is 1. The molecule has 16 heavy (non-hydrogen) atoms. The second kappa shape index (κ2) is 3.97. The molecule has 1 saturated heterocycles. The van der Waals surface area contributed by atoms with Gasteiger partial charge >= 0.3 is 0 Å². The molecular weight excluding hydrogens is 204 g/mol. The van der Waals surface area contributed by atoms with E-state index >= 15 is 0 Å². The van der Waals surface area contributed by atoms with Crippen LogP contribution in [-0.2, 0) is 9.47 Å². The van der Waals surface area contributed by atoms with Crippen LogP contribution in [0.25, 0.3) is 0 Å². The third-order valence-corrected chi connectivity index (χ3v) is 5.03. The normalized spacial score (nSPS) is 42.2. The predicted molar refractivity (Wildman–Crippen MR) is 60.0 cm³/mol. The van der Waals surface area contributed by atoms with E-state index in [-0.39, 0.29) is 11.2 Å². The van der Waals surface area contributed by atoms with Gasteiger partial charge in [0.2, 0.25) is 0 Å². The molecule has 0 radical (unpaired) electrons. The monoisotopic (exact) mass is 226 g/mol. The van der Waals surface area contributed by atoms with Gasteiger partial charge in [0.05, 0.1) is 13.2 Å². The number of fused-ring (bicyclic) bond motifs is 1. The molecule has 1 N–H and O–H groups in total. The number of hydrogen-bond acceptors (Lipinski definition) is 3. The standard InChI is InChI=1S/C13H22O3/c14-10-12-4-2-1-3-11(12)9-13(6-5-12)15-7-8-16-13/h11,14H,1-10H2/t11-,12-/m0/s1. The van der Waals surface area contributed by atoms with E-state index in [9.17, 15) is 5.11 Å². The molecule has 3 fully saturated rings. The van der Waals surface area contributed by atoms with Crippen LogP contribution in [0.4, 0.5) is 0 Å². The first kappa shape index (κ1) is 11.0. The first-order valence-corrected chi connectivity index (χ1v) is 6.67. The fourth-order valence-electron chi connectivity index (χ4n) is 3.99. The SMILES string of the molecule is OC[C@@]12CCCC[C@H]1CC1(CC2)OCCO1. The van der Waals surface area contributed by atoms with Crippen molar-refractivity contribution in [3.8, 4) is 0 Å². The van der Waals surface area contributed by atoms with E-state index in [0.29, 0.717) is 12.5 Å². The quantitative estimate of drug-likeness (QED) is 0.744. The summed E-state index contributed by atoms with van der Waals surface area (Å²) < 4.78 is 11.6. The highest BCUT2D eigenvalue weighted by atomic mass is 16.7. The fourth-order valence-corrected chi connectivity index (χ4v) is 3.99. The minimum atomic E-state index is -0.277. The van der Waals surface area contributed by atoms with E-state index in [1.165, 1.54) is 25.7 Å². The molecule has 3 aliphatic rings. The fraction of sp³-hybridized carbons (Fsp3) is 1.00. The summed E-state index contributed by atoms with van der Waals surface area (Å²) in [6.45, 7) is 1.85. The van der Waals surface area contributed by atoms with E-state index in [4.69, 9.17) is 9.47 Å². The molecule has 0 aromatic rings. The summed E-state index contributed by atoms with van der Waals surface area (Å²) in [6, 6.07) is 0. The second-order valence-electron chi connectivity index (χ2n) is 5.77. The van der Waals surface area contributed by atoms with Gasteiger partial charge in [-0.2, -0.15) is 0 Å². The van der Waals surface area contributed by atoms with Crippen LogP contribution < -0.4 is 0 Å². The topological polar surface area (TPSA) is 38.7 Å². The van der Waals surface area contributed by atoms with Crippen LogP contribution in [0.3, 0.4) is 0 Å². The van der Waals surface area contributed by atoms with Gasteiger partial charge in [-0.15, -0.1) is 0 Å². The van der Waals surface area contributed by atoms with Gasteiger partial charge in [-0.05, 0) is 30.6 Å². The van der Waals surface area contributed by atoms with Crippen LogP contribution in [0.1, 0.15) is 44.9 Å². The number of aliphatic hydroxyl groups is 1. The van der Waals surface area contributed by atoms with Crippen molar-refractivity contribution >= 4 is 0 Å². The van der Waals surface area contributed by atoms with Gasteiger partial charge in [-0.3, -0.25) is 0 Å². The third-order valence-electron chi connectivity index (χ3n) is 5.03. The van der Waals surface area contributed by atoms with Crippen molar-refractivity contribution in [2.24, 2.45) is 11.3 Å². The van der Waals surface area contributed by atoms with E-state index in [2.05, 4.69) is 0 Å². The summed E-state index contributed by atoms with van der Waals surface area (Å²) in [5.74, 6) is 0.332. The Morgan fingerprint density at radius 3 is 2.62 bits per heavy atom. The minimum absolute atomic E-state index is 0.193. The van der Waals surface area contributed by atoms with Crippen LogP contribution >= 0.6 is 0 Å². The van der Waals surface area contributed by atoms with Gasteiger partial charge in [0.1, 0.15) is 0 Å². The molecule has 3 heteroatoms. The lowest BCUT2D eigenvalue weighted by molar-refractivity contribution is -0.217. The Labute approximate surface area is 97.1 Å². The van der Waals surface area contributed by atoms with E-state index in [1.807, 2.05) is 0 Å². The Balaban J connectivity index is 1.78. The second-order valence-corrected chi connectivity index (χ2v) is 5.77. The van der Waals surface area contributed by atoms with Crippen molar-refractivity contribution in [1.29, 1.82) is 0 Å². The average Bonchev–Trinajstić information content (AvgIpc) is 2.78. The number of rotatable bonds is 1. The zero-order chi connectivity index (χ0) is 11.1. The molecule has 1 heterocycles. The van der Waals surface area contributed by atoms with E-state index < -0.39 is 0 Å². The molecule has 0 unspecified atom stereocenters. The van der Waals surface area contributed by atoms with Crippen LogP contribution in [0.2, 0.25) is 0 Å². The number of ether oxygens (including phenoxy) is 2. The zero-order valence-electron chi connectivity index (χ0n) is 9.91. The molecule has 2 saturated carbocycles. The van der Waals surface area contributed by atoms with Crippen LogP contribution in [0, 0.1) is 11.3 Å². The Morgan fingerprint density at radius 2 is 1.88 bits per heavy atom. The lowest BCUT2D eigenvalue weighted by Gasteiger charge is -2.51. The molecule has 2 aliphatic carbocycles. The van der Waals surface area contributed by atoms with Crippen LogP contribution in [0.15, 0.2) is 0 Å². The first-order valence-electron chi connectivity index (χ1n) is 6.67. The highest BCUT2D eigenvalue weighted by Gasteiger charge is 2.52. The van der Waals surface area contributed by atoms with E-state index in [1.54, 1.807) is 0 Å². The van der Waals surface area contributed by atoms with Crippen molar-refractivity contribution in [1.82, 2.24) is 0 Å². The van der Waals surface area contributed by atoms with Gasteiger partial charge in [0.15, 0.2) is 5.79 Å². The zero-order valence-corrected chi connectivity index (χ0v) is 9.91. The summed E-state index contributed by atoms with van der Waals surface area (Å²) in [5.41, 5.74) is 0.193. The van der Waals surface area contributed by atoms with Crippen molar-refractivity contribution in [3.05, 3.63) is 0 Å². The van der Waals surface area contributed by atoms with Crippen molar-refractivity contribution in [2.45, 2.75) is 50.7 Å². The van der Waals surface area contributed by atoms with Crippen molar-refractivity contribution in [2.75, 3.05) is 19.8 Å². The average molecular weight is 226 g/mol. The Morgan fingerprint density at radius 1 is 1.06 bits per heavy atom. The Bertz CT molecular complexity index is 260. The van der Waals surface area contributed by atoms with Gasteiger partial charge in [-0.25, -0.2) is 0 Å². The molecule has 3 nitrogen and oxygen atoms in total. The molecule has 1 spiro atoms. The van der Waals surface area contributed by atoms with Gasteiger partial charge < -0.3 is 14.6 Å². The van der Waals surface area contributed by atoms with Gasteiger partial charge in [0.25, 0.3) is 0 Å². The third kappa shape index (κ3) is 1.60. The highest BCUT2D eigenvalue weighted by molar-refractivity contribution is 4.98. The van der Waals surface area contributed by atoms with E-state index in [0.717, 1.165) is 32.5 Å². The van der Waals surface area contributed by atoms with Crippen molar-refractivity contribution < 1.29 is 14.6 Å². The summed E-state index contributed by atoms with van der Waals surface area (Å²) in [5, 5.41) is 9.73. The smallest absolute Gasteiger partial charge is 0.168 e. The molecule has 92 valence electrons. The van der Waals surface area contributed by atoms with Gasteiger partial charge in [0, 0.05) is 19.4 Å². The first-order chi connectivity index (χ1) is 7.79. The molecule has 1 aliphatic heterocycles. The maximum atomic E-state index is 9.73. The Hall–Kier alpha value is -0.120. The maximum absolute atomic E-state index is 9.73. The molecule has 2 atom stereocenters. The van der Waals surface area contributed by atoms with Crippen LogP contribution in [-0.4, -0.2) is 30.7 Å². The molecule has 0 bridgehead atoms. The molecular formula is C13H22O3. The largest absolute Gasteiger partial charge is 0.396 e. The van der Waals surface area contributed by atoms with Crippen LogP contribution in [0.5, 0.6) is 0 Å². The molecule has 0 aromatic carbocycles. The maximum Gasteiger partial charge on any atom is 0.168 e. The summed E-state index contributed by atoms with van der Waals surface area (Å²) >= 11 is 0. The molecule has 0 aromatic heterocycles. The highest BCUT2D eigenvalue weighted by Crippen LogP contribution is 2.54. The lowest BCUT2D eigenvalue weighted by atomic mass is 9.58. The lowest BCUT2D eigenvalue weighted by Crippen LogP contribution is -2.49. The summed E-state index contributed by atoms with van der Waals surface area (Å²) in [4.78, 5) is 0. The Kier molecular flexibility index (Phi) is 2.73. The minimum Gasteiger partial charge on any atom is -0.396 e. The number of hydrogen-bond donors (Lipinski definition) is 1. The predicted octanol–water partition coefficient (Wildman–Crippen LogP) is 2.08.